The minimum Gasteiger partial charge on any atom is -0.508 e. The number of halogens is 2. The zero-order valence-corrected chi connectivity index (χ0v) is 27.6. The number of piperidine rings is 1. The Morgan fingerprint density at radius 3 is 2.62 bits per heavy atom. The standard InChI is InChI=1S/C37H39ClFN5O4/c1-47-20-19-44-34-12-8-27(37(46)40-16-13-25-5-10-30(45)11-6-25)21-33(34)41-35(44)23-43-17-14-26(15-18-43)32-3-2-4-36(42-32)48-24-28-7-9-29(38)22-31(28)39/h2-12,21-22,26,45H,13-20,23-24H2,1H3,(H,40,46). The van der Waals surface area contributed by atoms with Gasteiger partial charge in [-0.25, -0.2) is 14.4 Å². The summed E-state index contributed by atoms with van der Waals surface area (Å²) in [5.41, 5.74) is 4.76. The third-order valence-electron chi connectivity index (χ3n) is 8.75. The lowest BCUT2D eigenvalue weighted by Crippen LogP contribution is -2.33. The van der Waals surface area contributed by atoms with Gasteiger partial charge in [-0.3, -0.25) is 9.69 Å². The highest BCUT2D eigenvalue weighted by Crippen LogP contribution is 2.29. The highest BCUT2D eigenvalue weighted by Gasteiger charge is 2.24. The first-order valence-electron chi connectivity index (χ1n) is 16.2. The Hall–Kier alpha value is -4.51. The molecule has 0 saturated carbocycles. The second-order valence-electron chi connectivity index (χ2n) is 12.0. The number of phenols is 1. The summed E-state index contributed by atoms with van der Waals surface area (Å²) in [6, 6.07) is 23.0. The number of methoxy groups -OCH3 is 1. The number of aromatic hydroxyl groups is 1. The van der Waals surface area contributed by atoms with Crippen LogP contribution in [0.5, 0.6) is 11.6 Å². The number of carbonyl (C=O) groups is 1. The molecule has 11 heteroatoms. The zero-order chi connectivity index (χ0) is 33.5. The number of benzene rings is 3. The van der Waals surface area contributed by atoms with Gasteiger partial charge >= 0.3 is 0 Å². The van der Waals surface area contributed by atoms with Crippen molar-refractivity contribution in [1.82, 2.24) is 24.8 Å². The number of fused-ring (bicyclic) bond motifs is 1. The Labute approximate surface area is 284 Å². The van der Waals surface area contributed by atoms with Crippen molar-refractivity contribution in [2.45, 2.75) is 44.9 Å². The highest BCUT2D eigenvalue weighted by atomic mass is 35.5. The van der Waals surface area contributed by atoms with Crippen molar-refractivity contribution in [3.05, 3.63) is 118 Å². The number of nitrogens with one attached hydrogen (secondary N) is 1. The molecule has 0 unspecified atom stereocenters. The fourth-order valence-corrected chi connectivity index (χ4v) is 6.23. The van der Waals surface area contributed by atoms with E-state index in [9.17, 15) is 14.3 Å². The monoisotopic (exact) mass is 671 g/mol. The highest BCUT2D eigenvalue weighted by molar-refractivity contribution is 6.30. The molecule has 1 fully saturated rings. The first-order valence-corrected chi connectivity index (χ1v) is 16.5. The predicted octanol–water partition coefficient (Wildman–Crippen LogP) is 6.51. The van der Waals surface area contributed by atoms with Crippen molar-refractivity contribution in [3.8, 4) is 11.6 Å². The van der Waals surface area contributed by atoms with Crippen molar-refractivity contribution in [3.63, 3.8) is 0 Å². The number of aromatic nitrogens is 3. The zero-order valence-electron chi connectivity index (χ0n) is 26.9. The minimum atomic E-state index is -0.397. The second-order valence-corrected chi connectivity index (χ2v) is 12.5. The molecule has 1 amide bonds. The summed E-state index contributed by atoms with van der Waals surface area (Å²) in [5, 5.41) is 12.8. The van der Waals surface area contributed by atoms with E-state index in [4.69, 9.17) is 31.0 Å². The fraction of sp³-hybridized carbons (Fsp3) is 0.324. The van der Waals surface area contributed by atoms with Gasteiger partial charge in [-0.1, -0.05) is 35.9 Å². The van der Waals surface area contributed by atoms with Crippen molar-refractivity contribution in [2.24, 2.45) is 0 Å². The van der Waals surface area contributed by atoms with E-state index >= 15 is 0 Å². The quantitative estimate of drug-likeness (QED) is 0.147. The van der Waals surface area contributed by atoms with Gasteiger partial charge in [0.15, 0.2) is 0 Å². The predicted molar refractivity (Wildman–Crippen MR) is 183 cm³/mol. The van der Waals surface area contributed by atoms with Crippen LogP contribution < -0.4 is 10.1 Å². The molecule has 5 aromatic rings. The molecule has 250 valence electrons. The Morgan fingerprint density at radius 1 is 1.04 bits per heavy atom. The summed E-state index contributed by atoms with van der Waals surface area (Å²) in [4.78, 5) is 25.1. The minimum absolute atomic E-state index is 0.0785. The van der Waals surface area contributed by atoms with Gasteiger partial charge in [-0.2, -0.15) is 0 Å². The average Bonchev–Trinajstić information content (AvgIpc) is 3.44. The Morgan fingerprint density at radius 2 is 1.85 bits per heavy atom. The lowest BCUT2D eigenvalue weighted by Gasteiger charge is -2.31. The number of carbonyl (C=O) groups excluding carboxylic acids is 1. The molecule has 48 heavy (non-hydrogen) atoms. The summed E-state index contributed by atoms with van der Waals surface area (Å²) in [6.07, 6.45) is 2.55. The summed E-state index contributed by atoms with van der Waals surface area (Å²) in [7, 11) is 1.69. The number of pyridine rings is 1. The van der Waals surface area contributed by atoms with Crippen LogP contribution in [0.3, 0.4) is 0 Å². The summed E-state index contributed by atoms with van der Waals surface area (Å²) in [6.45, 7) is 4.23. The van der Waals surface area contributed by atoms with Crippen molar-refractivity contribution >= 4 is 28.5 Å². The van der Waals surface area contributed by atoms with Gasteiger partial charge in [0, 0.05) is 54.0 Å². The molecule has 0 spiro atoms. The molecule has 6 rings (SSSR count). The third-order valence-corrected chi connectivity index (χ3v) is 8.99. The van der Waals surface area contributed by atoms with Crippen molar-refractivity contribution < 1.29 is 23.8 Å². The molecule has 0 bridgehead atoms. The number of amides is 1. The van der Waals surface area contributed by atoms with E-state index in [1.54, 1.807) is 37.4 Å². The number of rotatable bonds is 13. The van der Waals surface area contributed by atoms with Crippen molar-refractivity contribution in [1.29, 1.82) is 0 Å². The van der Waals surface area contributed by atoms with Crippen LogP contribution in [-0.2, 0) is 30.9 Å². The average molecular weight is 672 g/mol. The lowest BCUT2D eigenvalue weighted by atomic mass is 9.93. The van der Waals surface area contributed by atoms with E-state index < -0.39 is 5.82 Å². The Kier molecular flexibility index (Phi) is 10.8. The number of nitrogens with zero attached hydrogens (tertiary/aromatic N) is 4. The van der Waals surface area contributed by atoms with Gasteiger partial charge in [0.2, 0.25) is 5.88 Å². The SMILES string of the molecule is COCCn1c(CN2CCC(c3cccc(OCc4ccc(Cl)cc4F)n3)CC2)nc2cc(C(=O)NCCc3ccc(O)cc3)ccc21. The molecule has 2 aromatic heterocycles. The van der Waals surface area contributed by atoms with Crippen LogP contribution >= 0.6 is 11.6 Å². The lowest BCUT2D eigenvalue weighted by molar-refractivity contribution is 0.0954. The number of likely N-dealkylation sites (tertiary alicyclic amines) is 1. The molecule has 1 saturated heterocycles. The fourth-order valence-electron chi connectivity index (χ4n) is 6.07. The second kappa shape index (κ2) is 15.6. The maximum Gasteiger partial charge on any atom is 0.251 e. The molecular weight excluding hydrogens is 633 g/mol. The molecule has 0 aliphatic carbocycles. The van der Waals surface area contributed by atoms with Gasteiger partial charge < -0.3 is 24.5 Å². The van der Waals surface area contributed by atoms with E-state index in [1.807, 2.05) is 42.5 Å². The van der Waals surface area contributed by atoms with E-state index in [0.717, 1.165) is 54.0 Å². The molecule has 3 heterocycles. The summed E-state index contributed by atoms with van der Waals surface area (Å²) >= 11 is 5.87. The van der Waals surface area contributed by atoms with Gasteiger partial charge in [-0.15, -0.1) is 0 Å². The van der Waals surface area contributed by atoms with E-state index in [1.165, 1.54) is 6.07 Å². The van der Waals surface area contributed by atoms with E-state index in [2.05, 4.69) is 14.8 Å². The van der Waals surface area contributed by atoms with Crippen LogP contribution in [0.4, 0.5) is 4.39 Å². The van der Waals surface area contributed by atoms with Gasteiger partial charge in [0.25, 0.3) is 5.91 Å². The van der Waals surface area contributed by atoms with Gasteiger partial charge in [0.1, 0.15) is 24.0 Å². The maximum atomic E-state index is 14.2. The molecular formula is C37H39ClFN5O4. The van der Waals surface area contributed by atoms with Gasteiger partial charge in [-0.05, 0) is 86.4 Å². The first-order chi connectivity index (χ1) is 23.4. The maximum absolute atomic E-state index is 14.2. The smallest absolute Gasteiger partial charge is 0.251 e. The van der Waals surface area contributed by atoms with Crippen LogP contribution in [0.15, 0.2) is 78.9 Å². The summed E-state index contributed by atoms with van der Waals surface area (Å²) < 4.78 is 27.6. The number of phenolic OH excluding ortho intramolecular Hbond substituents is 1. The number of hydrogen-bond donors (Lipinski definition) is 2. The van der Waals surface area contributed by atoms with Crippen molar-refractivity contribution in [2.75, 3.05) is 33.4 Å². The van der Waals surface area contributed by atoms with E-state index in [0.29, 0.717) is 60.6 Å². The summed E-state index contributed by atoms with van der Waals surface area (Å²) in [5.74, 6) is 1.38. The van der Waals surface area contributed by atoms with Gasteiger partial charge in [0.05, 0.1) is 24.2 Å². The first kappa shape index (κ1) is 33.4. The normalized spacial score (nSPS) is 14.0. The van der Waals surface area contributed by atoms with E-state index in [-0.39, 0.29) is 18.3 Å². The molecule has 0 radical (unpaired) electrons. The van der Waals surface area contributed by atoms with Crippen LogP contribution in [0.2, 0.25) is 5.02 Å². The van der Waals surface area contributed by atoms with Crippen LogP contribution in [0.25, 0.3) is 11.0 Å². The molecule has 0 atom stereocenters. The molecule has 3 aromatic carbocycles. The van der Waals surface area contributed by atoms with Crippen LogP contribution in [-0.4, -0.2) is 63.8 Å². The number of imidazole rings is 1. The third kappa shape index (κ3) is 8.31. The molecule has 1 aliphatic heterocycles. The van der Waals surface area contributed by atoms with Crippen LogP contribution in [0, 0.1) is 5.82 Å². The Balaban J connectivity index is 1.07. The number of hydrogen-bond acceptors (Lipinski definition) is 7. The topological polar surface area (TPSA) is 102 Å². The largest absolute Gasteiger partial charge is 0.508 e. The molecule has 1 aliphatic rings. The Bertz CT molecular complexity index is 1860. The number of ether oxygens (including phenoxy) is 2. The molecule has 9 nitrogen and oxygen atoms in total. The molecule has 2 N–H and O–H groups in total. The van der Waals surface area contributed by atoms with Crippen LogP contribution in [0.1, 0.15) is 51.8 Å².